The van der Waals surface area contributed by atoms with E-state index in [1.165, 1.54) is 38.5 Å². The Kier molecular flexibility index (Phi) is 6.92. The van der Waals surface area contributed by atoms with Crippen molar-refractivity contribution in [1.29, 1.82) is 0 Å². The third kappa shape index (κ3) is 5.27. The lowest BCUT2D eigenvalue weighted by Gasteiger charge is -2.25. The van der Waals surface area contributed by atoms with Crippen LogP contribution in [0.15, 0.2) is 17.1 Å². The molecule has 0 aromatic carbocycles. The number of halogens is 1. The Morgan fingerprint density at radius 3 is 2.65 bits per heavy atom. The molecule has 0 bridgehead atoms. The minimum Gasteiger partial charge on any atom is -0.370 e. The SMILES string of the molecule is I.NC(=NCC1CC=CCC1)NCC1CCC1. The van der Waals surface area contributed by atoms with Crippen molar-refractivity contribution < 1.29 is 0 Å². The normalized spacial score (nSPS) is 24.9. The van der Waals surface area contributed by atoms with Gasteiger partial charge in [0.05, 0.1) is 0 Å². The molecule has 0 saturated heterocycles. The van der Waals surface area contributed by atoms with Gasteiger partial charge in [-0.25, -0.2) is 0 Å². The number of allylic oxidation sites excluding steroid dienone is 2. The van der Waals surface area contributed by atoms with Crippen molar-refractivity contribution in [3.63, 3.8) is 0 Å². The molecule has 1 fully saturated rings. The van der Waals surface area contributed by atoms with Gasteiger partial charge in [0.2, 0.25) is 0 Å². The molecule has 0 aromatic rings. The Bertz CT molecular complexity index is 272. The Labute approximate surface area is 121 Å². The van der Waals surface area contributed by atoms with Crippen LogP contribution >= 0.6 is 24.0 Å². The lowest BCUT2D eigenvalue weighted by molar-refractivity contribution is 0.315. The molecular formula is C13H24IN3. The first-order chi connectivity index (χ1) is 7.84. The smallest absolute Gasteiger partial charge is 0.188 e. The van der Waals surface area contributed by atoms with Crippen molar-refractivity contribution in [1.82, 2.24) is 5.32 Å². The summed E-state index contributed by atoms with van der Waals surface area (Å²) in [7, 11) is 0. The molecular weight excluding hydrogens is 325 g/mol. The summed E-state index contributed by atoms with van der Waals surface area (Å²) in [5.74, 6) is 2.18. The van der Waals surface area contributed by atoms with Gasteiger partial charge in [0, 0.05) is 13.1 Å². The van der Waals surface area contributed by atoms with Gasteiger partial charge in [-0.05, 0) is 43.9 Å². The van der Waals surface area contributed by atoms with Gasteiger partial charge in [-0.15, -0.1) is 24.0 Å². The summed E-state index contributed by atoms with van der Waals surface area (Å²) in [6.45, 7) is 1.90. The van der Waals surface area contributed by atoms with E-state index < -0.39 is 0 Å². The van der Waals surface area contributed by atoms with Crippen LogP contribution in [0.1, 0.15) is 38.5 Å². The van der Waals surface area contributed by atoms with E-state index in [2.05, 4.69) is 22.5 Å². The maximum Gasteiger partial charge on any atom is 0.188 e. The van der Waals surface area contributed by atoms with Crippen LogP contribution < -0.4 is 11.1 Å². The standard InChI is InChI=1S/C13H23N3.HI/c14-13(16-10-12-7-4-8-12)15-9-11-5-2-1-3-6-11;/h1-2,11-12H,3-10H2,(H3,14,15,16);1H. The van der Waals surface area contributed by atoms with Gasteiger partial charge in [-0.2, -0.15) is 0 Å². The summed E-state index contributed by atoms with van der Waals surface area (Å²) in [6, 6.07) is 0. The number of aliphatic imine (C=N–C) groups is 1. The fourth-order valence-corrected chi connectivity index (χ4v) is 2.25. The van der Waals surface area contributed by atoms with Gasteiger partial charge in [0.15, 0.2) is 5.96 Å². The first-order valence-electron chi connectivity index (χ1n) is 6.53. The fraction of sp³-hybridized carbons (Fsp3) is 0.769. The highest BCUT2D eigenvalue weighted by atomic mass is 127. The molecule has 17 heavy (non-hydrogen) atoms. The molecule has 1 unspecified atom stereocenters. The van der Waals surface area contributed by atoms with Crippen molar-refractivity contribution in [2.75, 3.05) is 13.1 Å². The summed E-state index contributed by atoms with van der Waals surface area (Å²) in [5.41, 5.74) is 5.84. The Balaban J connectivity index is 0.00000144. The molecule has 0 aliphatic heterocycles. The summed E-state index contributed by atoms with van der Waals surface area (Å²) >= 11 is 0. The van der Waals surface area contributed by atoms with Crippen LogP contribution in [0.25, 0.3) is 0 Å². The minimum absolute atomic E-state index is 0. The molecule has 0 spiro atoms. The second kappa shape index (κ2) is 7.95. The molecule has 1 atom stereocenters. The molecule has 0 heterocycles. The van der Waals surface area contributed by atoms with Gasteiger partial charge >= 0.3 is 0 Å². The van der Waals surface area contributed by atoms with Gasteiger partial charge in [0.1, 0.15) is 0 Å². The van der Waals surface area contributed by atoms with Crippen molar-refractivity contribution in [3.05, 3.63) is 12.2 Å². The highest BCUT2D eigenvalue weighted by Gasteiger charge is 2.16. The zero-order chi connectivity index (χ0) is 11.2. The van der Waals surface area contributed by atoms with E-state index in [0.717, 1.165) is 19.0 Å². The number of hydrogen-bond donors (Lipinski definition) is 2. The Morgan fingerprint density at radius 2 is 2.06 bits per heavy atom. The minimum atomic E-state index is 0. The molecule has 2 aliphatic carbocycles. The molecule has 1 saturated carbocycles. The van der Waals surface area contributed by atoms with E-state index in [1.807, 2.05) is 0 Å². The molecule has 4 heteroatoms. The predicted octanol–water partition coefficient (Wildman–Crippen LogP) is 2.67. The molecule has 2 aliphatic rings. The van der Waals surface area contributed by atoms with Crippen LogP contribution in [-0.4, -0.2) is 19.0 Å². The van der Waals surface area contributed by atoms with Crippen LogP contribution in [0, 0.1) is 11.8 Å². The zero-order valence-corrected chi connectivity index (χ0v) is 12.7. The number of nitrogens with one attached hydrogen (secondary N) is 1. The van der Waals surface area contributed by atoms with E-state index in [-0.39, 0.29) is 24.0 Å². The Morgan fingerprint density at radius 1 is 1.24 bits per heavy atom. The van der Waals surface area contributed by atoms with E-state index in [0.29, 0.717) is 11.9 Å². The summed E-state index contributed by atoms with van der Waals surface area (Å²) in [4.78, 5) is 4.43. The third-order valence-corrected chi connectivity index (χ3v) is 3.69. The van der Waals surface area contributed by atoms with Crippen LogP contribution in [0.5, 0.6) is 0 Å². The van der Waals surface area contributed by atoms with Crippen molar-refractivity contribution in [2.24, 2.45) is 22.6 Å². The Hall–Kier alpha value is -0.260. The molecule has 3 nitrogen and oxygen atoms in total. The van der Waals surface area contributed by atoms with Gasteiger partial charge in [-0.1, -0.05) is 18.6 Å². The third-order valence-electron chi connectivity index (χ3n) is 3.69. The fourth-order valence-electron chi connectivity index (χ4n) is 2.25. The van der Waals surface area contributed by atoms with Gasteiger partial charge in [-0.3, -0.25) is 4.99 Å². The number of hydrogen-bond acceptors (Lipinski definition) is 1. The first-order valence-corrected chi connectivity index (χ1v) is 6.53. The predicted molar refractivity (Wildman–Crippen MR) is 83.7 cm³/mol. The highest BCUT2D eigenvalue weighted by molar-refractivity contribution is 14.0. The van der Waals surface area contributed by atoms with Crippen LogP contribution in [-0.2, 0) is 0 Å². The number of nitrogens with zero attached hydrogens (tertiary/aromatic N) is 1. The van der Waals surface area contributed by atoms with Gasteiger partial charge in [0.25, 0.3) is 0 Å². The maximum absolute atomic E-state index is 5.84. The van der Waals surface area contributed by atoms with E-state index in [9.17, 15) is 0 Å². The topological polar surface area (TPSA) is 50.4 Å². The highest BCUT2D eigenvalue weighted by Crippen LogP contribution is 2.25. The molecule has 0 amide bonds. The first kappa shape index (κ1) is 14.8. The molecule has 98 valence electrons. The number of nitrogens with two attached hydrogens (primary N) is 1. The second-order valence-electron chi connectivity index (χ2n) is 5.05. The quantitative estimate of drug-likeness (QED) is 0.355. The summed E-state index contributed by atoms with van der Waals surface area (Å²) in [5, 5.41) is 3.23. The van der Waals surface area contributed by atoms with Crippen molar-refractivity contribution in [3.8, 4) is 0 Å². The molecule has 0 aromatic heterocycles. The lowest BCUT2D eigenvalue weighted by Crippen LogP contribution is -2.37. The number of rotatable bonds is 4. The lowest BCUT2D eigenvalue weighted by atomic mass is 9.85. The average molecular weight is 349 g/mol. The average Bonchev–Trinajstić information content (AvgIpc) is 2.26. The van der Waals surface area contributed by atoms with Crippen LogP contribution in [0.2, 0.25) is 0 Å². The summed E-state index contributed by atoms with van der Waals surface area (Å²) in [6.07, 6.45) is 12.3. The molecule has 0 radical (unpaired) electrons. The monoisotopic (exact) mass is 349 g/mol. The van der Waals surface area contributed by atoms with Crippen molar-refractivity contribution in [2.45, 2.75) is 38.5 Å². The molecule has 2 rings (SSSR count). The largest absolute Gasteiger partial charge is 0.370 e. The molecule has 3 N–H and O–H groups in total. The van der Waals surface area contributed by atoms with E-state index in [1.54, 1.807) is 0 Å². The van der Waals surface area contributed by atoms with E-state index >= 15 is 0 Å². The van der Waals surface area contributed by atoms with Gasteiger partial charge < -0.3 is 11.1 Å². The van der Waals surface area contributed by atoms with Crippen LogP contribution in [0.4, 0.5) is 0 Å². The second-order valence-corrected chi connectivity index (χ2v) is 5.05. The van der Waals surface area contributed by atoms with Crippen LogP contribution in [0.3, 0.4) is 0 Å². The maximum atomic E-state index is 5.84. The zero-order valence-electron chi connectivity index (χ0n) is 10.4. The number of guanidine groups is 1. The van der Waals surface area contributed by atoms with Crippen molar-refractivity contribution >= 4 is 29.9 Å². The summed E-state index contributed by atoms with van der Waals surface area (Å²) < 4.78 is 0. The van der Waals surface area contributed by atoms with E-state index in [4.69, 9.17) is 5.73 Å².